The summed E-state index contributed by atoms with van der Waals surface area (Å²) in [4.78, 5) is 30.2. The molecule has 0 radical (unpaired) electrons. The van der Waals surface area contributed by atoms with Crippen LogP contribution >= 0.6 is 11.6 Å². The van der Waals surface area contributed by atoms with Crippen molar-refractivity contribution in [3.05, 3.63) is 57.2 Å². The molecule has 2 aromatic rings. The number of nitrogens with zero attached hydrogens (tertiary/aromatic N) is 3. The highest BCUT2D eigenvalue weighted by atomic mass is 35.5. The van der Waals surface area contributed by atoms with Crippen molar-refractivity contribution < 1.29 is 14.1 Å². The fraction of sp³-hybridized carbons (Fsp3) is 0.538. The van der Waals surface area contributed by atoms with Crippen molar-refractivity contribution in [1.82, 2.24) is 10.3 Å². The van der Waals surface area contributed by atoms with Gasteiger partial charge in [-0.3, -0.25) is 14.9 Å². The Balaban J connectivity index is 1.43. The number of non-ortho nitro benzene ring substituents is 1. The average molecular weight is 518 g/mol. The van der Waals surface area contributed by atoms with Crippen LogP contribution in [0.25, 0.3) is 0 Å². The maximum atomic E-state index is 15.0. The van der Waals surface area contributed by atoms with Gasteiger partial charge in [-0.2, -0.15) is 0 Å². The van der Waals surface area contributed by atoms with Crippen LogP contribution in [0.2, 0.25) is 5.15 Å². The Bertz CT molecular complexity index is 1100. The van der Waals surface area contributed by atoms with Crippen molar-refractivity contribution >= 4 is 34.7 Å². The Labute approximate surface area is 215 Å². The Morgan fingerprint density at radius 1 is 1.19 bits per heavy atom. The molecule has 0 unspecified atom stereocenters. The van der Waals surface area contributed by atoms with E-state index in [4.69, 9.17) is 11.6 Å². The van der Waals surface area contributed by atoms with E-state index in [0.717, 1.165) is 38.8 Å². The summed E-state index contributed by atoms with van der Waals surface area (Å²) >= 11 is 5.93. The third-order valence-electron chi connectivity index (χ3n) is 7.61. The van der Waals surface area contributed by atoms with E-state index in [0.29, 0.717) is 49.4 Å². The van der Waals surface area contributed by atoms with Crippen LogP contribution in [0.4, 0.5) is 21.6 Å². The molecule has 1 aromatic heterocycles. The van der Waals surface area contributed by atoms with Crippen LogP contribution in [0.1, 0.15) is 62.2 Å². The minimum absolute atomic E-state index is 0.0639. The molecule has 2 saturated heterocycles. The Morgan fingerprint density at radius 3 is 2.58 bits per heavy atom. The number of alkyl halides is 1. The van der Waals surface area contributed by atoms with E-state index >= 15 is 0 Å². The van der Waals surface area contributed by atoms with Crippen LogP contribution in [-0.4, -0.2) is 47.7 Å². The van der Waals surface area contributed by atoms with Crippen molar-refractivity contribution in [2.45, 2.75) is 57.5 Å². The second-order valence-corrected chi connectivity index (χ2v) is 10.7. The second-order valence-electron chi connectivity index (χ2n) is 10.3. The molecular weight excluding hydrogens is 485 g/mol. The summed E-state index contributed by atoms with van der Waals surface area (Å²) in [7, 11) is 0. The maximum absolute atomic E-state index is 15.0. The first-order chi connectivity index (χ1) is 17.2. The third kappa shape index (κ3) is 6.50. The fourth-order valence-electron chi connectivity index (χ4n) is 5.24. The Morgan fingerprint density at radius 2 is 1.92 bits per heavy atom. The first-order valence-electron chi connectivity index (χ1n) is 12.5. The van der Waals surface area contributed by atoms with Crippen molar-refractivity contribution in [2.24, 2.45) is 5.41 Å². The molecule has 2 aliphatic heterocycles. The largest absolute Gasteiger partial charge is 0.371 e. The number of carbonyl (C=O) groups excluding carboxylic acids is 1. The maximum Gasteiger partial charge on any atom is 0.271 e. The van der Waals surface area contributed by atoms with Crippen LogP contribution in [0.5, 0.6) is 0 Å². The molecule has 2 aliphatic rings. The number of nitro benzene ring substituents is 1. The molecule has 0 bridgehead atoms. The molecule has 1 aromatic carbocycles. The van der Waals surface area contributed by atoms with E-state index in [-0.39, 0.29) is 16.3 Å². The molecular formula is C26H33ClFN5O3. The lowest BCUT2D eigenvalue weighted by Gasteiger charge is -2.41. The lowest BCUT2D eigenvalue weighted by atomic mass is 9.75. The third-order valence-corrected chi connectivity index (χ3v) is 7.82. The van der Waals surface area contributed by atoms with Gasteiger partial charge in [0.15, 0.2) is 0 Å². The van der Waals surface area contributed by atoms with Gasteiger partial charge in [-0.1, -0.05) is 24.6 Å². The van der Waals surface area contributed by atoms with Gasteiger partial charge >= 0.3 is 0 Å². The van der Waals surface area contributed by atoms with Crippen molar-refractivity contribution in [2.75, 3.05) is 36.4 Å². The number of halogens is 2. The highest BCUT2D eigenvalue weighted by molar-refractivity contribution is 6.29. The molecule has 0 spiro atoms. The highest BCUT2D eigenvalue weighted by Gasteiger charge is 2.35. The molecule has 2 N–H and O–H groups in total. The number of hydrogen-bond donors (Lipinski definition) is 2. The number of piperidine rings is 2. The van der Waals surface area contributed by atoms with Crippen LogP contribution in [-0.2, 0) is 0 Å². The first-order valence-corrected chi connectivity index (χ1v) is 12.9. The summed E-state index contributed by atoms with van der Waals surface area (Å²) in [6, 6.07) is 9.22. The minimum Gasteiger partial charge on any atom is -0.371 e. The van der Waals surface area contributed by atoms with E-state index in [9.17, 15) is 19.3 Å². The smallest absolute Gasteiger partial charge is 0.271 e. The fourth-order valence-corrected chi connectivity index (χ4v) is 5.41. The quantitative estimate of drug-likeness (QED) is 0.262. The number of pyridine rings is 1. The normalized spacial score (nSPS) is 19.0. The summed E-state index contributed by atoms with van der Waals surface area (Å²) < 4.78 is 15.0. The Kier molecular flexibility index (Phi) is 8.10. The van der Waals surface area contributed by atoms with Gasteiger partial charge in [0.2, 0.25) is 0 Å². The predicted molar refractivity (Wildman–Crippen MR) is 140 cm³/mol. The van der Waals surface area contributed by atoms with E-state index in [1.165, 1.54) is 18.2 Å². The molecule has 1 amide bonds. The number of aromatic nitrogens is 1. The number of hydrogen-bond acceptors (Lipinski definition) is 6. The van der Waals surface area contributed by atoms with Gasteiger partial charge in [0.25, 0.3) is 11.6 Å². The molecule has 36 heavy (non-hydrogen) atoms. The first kappa shape index (κ1) is 26.3. The number of nitro groups is 1. The SMILES string of the molecule is CC1(CCCC2(F)CCNCC2)CCN(c2cc([N+](=O)[O-])ccc2C(=O)Nc2cccc(Cl)n2)CC1. The van der Waals surface area contributed by atoms with Crippen molar-refractivity contribution in [3.63, 3.8) is 0 Å². The standard InChI is InChI=1S/C26H33ClFN5O3/c1-25(8-3-9-26(28)10-14-29-15-11-26)12-16-32(17-13-25)21-18-19(33(35)36)6-7-20(21)24(34)31-23-5-2-4-22(27)30-23/h2,4-7,18,29H,3,8-17H2,1H3,(H,30,31,34). The number of benzene rings is 1. The van der Waals surface area contributed by atoms with Gasteiger partial charge in [0, 0.05) is 25.2 Å². The molecule has 0 saturated carbocycles. The number of nitrogens with one attached hydrogen (secondary N) is 2. The van der Waals surface area contributed by atoms with E-state index in [1.807, 2.05) is 4.90 Å². The lowest BCUT2D eigenvalue weighted by molar-refractivity contribution is -0.384. The van der Waals surface area contributed by atoms with Crippen molar-refractivity contribution in [3.8, 4) is 0 Å². The van der Waals surface area contributed by atoms with Gasteiger partial charge in [-0.05, 0) is 81.6 Å². The van der Waals surface area contributed by atoms with Crippen LogP contribution in [0, 0.1) is 15.5 Å². The van der Waals surface area contributed by atoms with Crippen LogP contribution in [0.3, 0.4) is 0 Å². The van der Waals surface area contributed by atoms with E-state index < -0.39 is 16.5 Å². The predicted octanol–water partition coefficient (Wildman–Crippen LogP) is 5.76. The second kappa shape index (κ2) is 11.1. The molecule has 0 aliphatic carbocycles. The summed E-state index contributed by atoms with van der Waals surface area (Å²) in [5.41, 5.74) is -0.163. The minimum atomic E-state index is -1.05. The summed E-state index contributed by atoms with van der Waals surface area (Å²) in [6.45, 7) is 5.06. The average Bonchev–Trinajstić information content (AvgIpc) is 2.84. The zero-order valence-electron chi connectivity index (χ0n) is 20.6. The van der Waals surface area contributed by atoms with Crippen LogP contribution < -0.4 is 15.5 Å². The van der Waals surface area contributed by atoms with Gasteiger partial charge in [0.05, 0.1) is 16.2 Å². The Hall–Kier alpha value is -2.78. The number of amides is 1. The van der Waals surface area contributed by atoms with Gasteiger partial charge in [-0.15, -0.1) is 0 Å². The van der Waals surface area contributed by atoms with E-state index in [2.05, 4.69) is 22.5 Å². The zero-order valence-corrected chi connectivity index (χ0v) is 21.3. The molecule has 4 rings (SSSR count). The number of anilines is 2. The summed E-state index contributed by atoms with van der Waals surface area (Å²) in [6.07, 6.45) is 5.30. The molecule has 3 heterocycles. The van der Waals surface area contributed by atoms with E-state index in [1.54, 1.807) is 18.2 Å². The number of rotatable bonds is 8. The van der Waals surface area contributed by atoms with Gasteiger partial charge in [-0.25, -0.2) is 9.37 Å². The molecule has 10 heteroatoms. The van der Waals surface area contributed by atoms with Crippen LogP contribution in [0.15, 0.2) is 36.4 Å². The summed E-state index contributed by atoms with van der Waals surface area (Å²) in [5.74, 6) is -0.0966. The van der Waals surface area contributed by atoms with Crippen molar-refractivity contribution in [1.29, 1.82) is 0 Å². The topological polar surface area (TPSA) is 100 Å². The molecule has 2 fully saturated rings. The lowest BCUT2D eigenvalue weighted by Crippen LogP contribution is -2.40. The molecule has 0 atom stereocenters. The van der Waals surface area contributed by atoms with Gasteiger partial charge < -0.3 is 15.5 Å². The monoisotopic (exact) mass is 517 g/mol. The summed E-state index contributed by atoms with van der Waals surface area (Å²) in [5, 5.41) is 17.7. The zero-order chi connectivity index (χ0) is 25.8. The number of carbonyl (C=O) groups is 1. The van der Waals surface area contributed by atoms with Gasteiger partial charge in [0.1, 0.15) is 16.6 Å². The molecule has 8 nitrogen and oxygen atoms in total. The molecule has 194 valence electrons. The highest BCUT2D eigenvalue weighted by Crippen LogP contribution is 2.40.